The van der Waals surface area contributed by atoms with E-state index in [1.165, 1.54) is 25.1 Å². The third-order valence-electron chi connectivity index (χ3n) is 4.78. The number of rotatable bonds is 6. The van der Waals surface area contributed by atoms with E-state index < -0.39 is 23.4 Å². The molecule has 0 spiro atoms. The number of aliphatic hydroxyl groups is 2. The number of fused-ring (bicyclic) bond motifs is 1. The van der Waals surface area contributed by atoms with Crippen molar-refractivity contribution in [1.29, 1.82) is 0 Å². The van der Waals surface area contributed by atoms with Crippen LogP contribution in [0.2, 0.25) is 0 Å². The average molecular weight is 378 g/mol. The molecule has 0 radical (unpaired) electrons. The van der Waals surface area contributed by atoms with Crippen LogP contribution in [0.25, 0.3) is 11.0 Å². The molecule has 27 heavy (non-hydrogen) atoms. The summed E-state index contributed by atoms with van der Waals surface area (Å²) in [5, 5.41) is 31.6. The Hall–Kier alpha value is -2.58. The Kier molecular flexibility index (Phi) is 5.12. The lowest BCUT2D eigenvalue weighted by Gasteiger charge is -2.30. The molecule has 0 aliphatic carbocycles. The zero-order chi connectivity index (χ0) is 19.8. The lowest BCUT2D eigenvalue weighted by atomic mass is 9.90. The monoisotopic (exact) mass is 378 g/mol. The van der Waals surface area contributed by atoms with Crippen molar-refractivity contribution in [2.45, 2.75) is 44.5 Å². The highest BCUT2D eigenvalue weighted by atomic mass is 16.6. The maximum absolute atomic E-state index is 11.5. The molecule has 3 rings (SSSR count). The minimum absolute atomic E-state index is 0.00705. The largest absolute Gasteiger partial charge is 0.502 e. The first kappa shape index (κ1) is 19.2. The number of hydrogen-bond donors (Lipinski definition) is 3. The molecule has 1 aromatic carbocycles. The second-order valence-electron chi connectivity index (χ2n) is 7.17. The SMILES string of the molecule is C[C@@H]1C[C@H](C[C@](C)(O)C(O)COc2ccc3ccc(=O)oc3c2O)OC1=O. The first-order valence-electron chi connectivity index (χ1n) is 8.67. The second-order valence-corrected chi connectivity index (χ2v) is 7.17. The van der Waals surface area contributed by atoms with Gasteiger partial charge in [0.05, 0.1) is 11.5 Å². The van der Waals surface area contributed by atoms with Gasteiger partial charge in [0.15, 0.2) is 11.3 Å². The van der Waals surface area contributed by atoms with Gasteiger partial charge in [-0.05, 0) is 31.5 Å². The van der Waals surface area contributed by atoms with Crippen molar-refractivity contribution in [2.24, 2.45) is 5.92 Å². The summed E-state index contributed by atoms with van der Waals surface area (Å²) in [5.41, 5.74) is -2.19. The Morgan fingerprint density at radius 3 is 2.67 bits per heavy atom. The van der Waals surface area contributed by atoms with Gasteiger partial charge in [0.2, 0.25) is 5.75 Å². The summed E-state index contributed by atoms with van der Waals surface area (Å²) in [5.74, 6) is -0.907. The van der Waals surface area contributed by atoms with E-state index in [0.29, 0.717) is 11.8 Å². The molecule has 8 heteroatoms. The molecular formula is C19H22O8. The highest BCUT2D eigenvalue weighted by Gasteiger charge is 2.39. The first-order valence-corrected chi connectivity index (χ1v) is 8.67. The first-order chi connectivity index (χ1) is 12.7. The third-order valence-corrected chi connectivity index (χ3v) is 4.78. The van der Waals surface area contributed by atoms with Crippen LogP contribution in [-0.2, 0) is 9.53 Å². The zero-order valence-electron chi connectivity index (χ0n) is 15.0. The molecule has 1 aliphatic rings. The zero-order valence-corrected chi connectivity index (χ0v) is 15.0. The topological polar surface area (TPSA) is 126 Å². The number of ether oxygens (including phenoxy) is 2. The van der Waals surface area contributed by atoms with E-state index in [4.69, 9.17) is 13.9 Å². The Balaban J connectivity index is 1.67. The molecular weight excluding hydrogens is 356 g/mol. The predicted molar refractivity (Wildman–Crippen MR) is 94.6 cm³/mol. The van der Waals surface area contributed by atoms with Gasteiger partial charge in [-0.1, -0.05) is 6.92 Å². The molecule has 3 N–H and O–H groups in total. The fourth-order valence-electron chi connectivity index (χ4n) is 3.11. The quantitative estimate of drug-likeness (QED) is 0.508. The van der Waals surface area contributed by atoms with Gasteiger partial charge in [0.25, 0.3) is 0 Å². The van der Waals surface area contributed by atoms with Gasteiger partial charge in [0.1, 0.15) is 18.8 Å². The van der Waals surface area contributed by atoms with Crippen LogP contribution in [0.5, 0.6) is 11.5 Å². The fourth-order valence-corrected chi connectivity index (χ4v) is 3.11. The molecule has 1 unspecified atom stereocenters. The minimum Gasteiger partial charge on any atom is -0.502 e. The van der Waals surface area contributed by atoms with Gasteiger partial charge >= 0.3 is 11.6 Å². The minimum atomic E-state index is -1.56. The molecule has 1 fully saturated rings. The Labute approximate surface area is 154 Å². The average Bonchev–Trinajstić information content (AvgIpc) is 2.91. The van der Waals surface area contributed by atoms with Crippen molar-refractivity contribution in [3.63, 3.8) is 0 Å². The highest BCUT2D eigenvalue weighted by Crippen LogP contribution is 2.34. The number of aliphatic hydroxyl groups excluding tert-OH is 1. The molecule has 1 aromatic heterocycles. The maximum Gasteiger partial charge on any atom is 0.336 e. The van der Waals surface area contributed by atoms with E-state index in [1.807, 2.05) is 0 Å². The summed E-state index contributed by atoms with van der Waals surface area (Å²) in [7, 11) is 0. The van der Waals surface area contributed by atoms with Crippen LogP contribution in [-0.4, -0.2) is 45.7 Å². The summed E-state index contributed by atoms with van der Waals surface area (Å²) in [4.78, 5) is 22.8. The maximum atomic E-state index is 11.5. The number of carbonyl (C=O) groups excluding carboxylic acids is 1. The molecule has 2 aromatic rings. The van der Waals surface area contributed by atoms with E-state index >= 15 is 0 Å². The van der Waals surface area contributed by atoms with Crippen LogP contribution in [0.4, 0.5) is 0 Å². The van der Waals surface area contributed by atoms with Crippen LogP contribution in [0.1, 0.15) is 26.7 Å². The summed E-state index contributed by atoms with van der Waals surface area (Å²) in [6.07, 6.45) is -1.23. The van der Waals surface area contributed by atoms with E-state index in [-0.39, 0.29) is 42.0 Å². The van der Waals surface area contributed by atoms with E-state index in [9.17, 15) is 24.9 Å². The molecule has 1 saturated heterocycles. The number of esters is 1. The van der Waals surface area contributed by atoms with Crippen molar-refractivity contribution in [3.8, 4) is 11.5 Å². The number of aromatic hydroxyl groups is 1. The summed E-state index contributed by atoms with van der Waals surface area (Å²) >= 11 is 0. The predicted octanol–water partition coefficient (Wildman–Crippen LogP) is 1.33. The second kappa shape index (κ2) is 7.21. The lowest BCUT2D eigenvalue weighted by molar-refractivity contribution is -0.148. The number of benzene rings is 1. The molecule has 8 nitrogen and oxygen atoms in total. The van der Waals surface area contributed by atoms with Crippen molar-refractivity contribution in [2.75, 3.05) is 6.61 Å². The van der Waals surface area contributed by atoms with Gasteiger partial charge in [0, 0.05) is 17.9 Å². The van der Waals surface area contributed by atoms with Gasteiger partial charge in [-0.25, -0.2) is 4.79 Å². The van der Waals surface area contributed by atoms with Crippen molar-refractivity contribution >= 4 is 16.9 Å². The fraction of sp³-hybridized carbons (Fsp3) is 0.474. The van der Waals surface area contributed by atoms with Crippen molar-refractivity contribution in [1.82, 2.24) is 0 Å². The van der Waals surface area contributed by atoms with E-state index in [1.54, 1.807) is 13.0 Å². The molecule has 0 bridgehead atoms. The summed E-state index contributed by atoms with van der Waals surface area (Å²) in [6.45, 7) is 2.86. The Bertz CT molecular complexity index is 900. The number of cyclic esters (lactones) is 1. The van der Waals surface area contributed by atoms with Crippen molar-refractivity contribution in [3.05, 3.63) is 34.7 Å². The summed E-state index contributed by atoms with van der Waals surface area (Å²) in [6, 6.07) is 5.81. The number of hydrogen-bond acceptors (Lipinski definition) is 8. The third kappa shape index (κ3) is 4.06. The van der Waals surface area contributed by atoms with Crippen molar-refractivity contribution < 1.29 is 34.0 Å². The number of phenols is 1. The number of carbonyl (C=O) groups is 1. The molecule has 4 atom stereocenters. The molecule has 0 amide bonds. The highest BCUT2D eigenvalue weighted by molar-refractivity contribution is 5.84. The van der Waals surface area contributed by atoms with Crippen LogP contribution in [0, 0.1) is 5.92 Å². The Morgan fingerprint density at radius 1 is 1.30 bits per heavy atom. The van der Waals surface area contributed by atoms with Crippen LogP contribution in [0.15, 0.2) is 33.5 Å². The van der Waals surface area contributed by atoms with Gasteiger partial charge < -0.3 is 29.2 Å². The smallest absolute Gasteiger partial charge is 0.336 e. The van der Waals surface area contributed by atoms with Gasteiger partial charge in [-0.3, -0.25) is 4.79 Å². The normalized spacial score (nSPS) is 23.0. The van der Waals surface area contributed by atoms with Gasteiger partial charge in [-0.2, -0.15) is 0 Å². The van der Waals surface area contributed by atoms with Crippen LogP contribution >= 0.6 is 0 Å². The molecule has 2 heterocycles. The standard InChI is InChI=1S/C19H22O8/c1-10-7-12(26-18(10)23)8-19(2,24)14(20)9-25-13-5-3-11-4-6-15(21)27-17(11)16(13)22/h3-6,10,12,14,20,22,24H,7-9H2,1-2H3/t10-,12-,14?,19+/m1/s1. The van der Waals surface area contributed by atoms with Crippen LogP contribution in [0.3, 0.4) is 0 Å². The van der Waals surface area contributed by atoms with E-state index in [2.05, 4.69) is 0 Å². The van der Waals surface area contributed by atoms with Crippen LogP contribution < -0.4 is 10.4 Å². The molecule has 0 saturated carbocycles. The molecule has 146 valence electrons. The van der Waals surface area contributed by atoms with E-state index in [0.717, 1.165) is 0 Å². The molecule has 1 aliphatic heterocycles. The lowest BCUT2D eigenvalue weighted by Crippen LogP contribution is -2.45. The summed E-state index contributed by atoms with van der Waals surface area (Å²) < 4.78 is 15.5. The Morgan fingerprint density at radius 2 is 2.00 bits per heavy atom. The number of phenolic OH excluding ortho intramolecular Hbond substituents is 1. The van der Waals surface area contributed by atoms with Gasteiger partial charge in [-0.15, -0.1) is 0 Å².